The number of ether oxygens (including phenoxy) is 1. The van der Waals surface area contributed by atoms with E-state index in [1.807, 2.05) is 0 Å². The molecule has 2 aliphatic heterocycles. The van der Waals surface area contributed by atoms with Crippen molar-refractivity contribution in [3.05, 3.63) is 12.2 Å². The van der Waals surface area contributed by atoms with Gasteiger partial charge >= 0.3 is 12.0 Å². The number of rotatable bonds is 5. The van der Waals surface area contributed by atoms with E-state index in [9.17, 15) is 14.7 Å². The van der Waals surface area contributed by atoms with Crippen molar-refractivity contribution in [2.24, 2.45) is 45.8 Å². The van der Waals surface area contributed by atoms with Gasteiger partial charge in [-0.3, -0.25) is 0 Å². The van der Waals surface area contributed by atoms with E-state index in [1.54, 1.807) is 6.08 Å². The second-order valence-electron chi connectivity index (χ2n) is 15.8. The standard InChI is InChI=1S/C34H55N3O4/c1-31(14-13-29(38)41-22-31)28-12-17-34(40)27-9-8-24-19-23(10-15-32(24,2)26(27)11-16-33(28,34)3)20-35-30(39)36-21-25-7-5-6-18-37(25)4/h13-14,23-28,40H,5-12,15-22H2,1-4H3,(H2,35,36,39)/t23-,24+,25?,26?,27?,28+,31?,32-,33+,34-/m0/s1. The average molecular weight is 570 g/mol. The van der Waals surface area contributed by atoms with Gasteiger partial charge in [0.15, 0.2) is 0 Å². The fourth-order valence-corrected chi connectivity index (χ4v) is 11.3. The zero-order chi connectivity index (χ0) is 29.0. The Morgan fingerprint density at radius 3 is 2.56 bits per heavy atom. The number of carbonyl (C=O) groups excluding carboxylic acids is 2. The van der Waals surface area contributed by atoms with Crippen molar-refractivity contribution in [2.75, 3.05) is 33.3 Å². The summed E-state index contributed by atoms with van der Waals surface area (Å²) in [4.78, 5) is 26.8. The van der Waals surface area contributed by atoms with E-state index in [2.05, 4.69) is 49.4 Å². The van der Waals surface area contributed by atoms with Crippen molar-refractivity contribution in [2.45, 2.75) is 109 Å². The van der Waals surface area contributed by atoms with Crippen LogP contribution in [0.25, 0.3) is 0 Å². The average Bonchev–Trinajstić information content (AvgIpc) is 3.25. The smallest absolute Gasteiger partial charge is 0.330 e. The molecule has 4 saturated carbocycles. The number of piperidine rings is 1. The summed E-state index contributed by atoms with van der Waals surface area (Å²) in [5, 5.41) is 19.0. The van der Waals surface area contributed by atoms with Crippen LogP contribution in [0.2, 0.25) is 0 Å². The molecule has 4 aliphatic carbocycles. The highest BCUT2D eigenvalue weighted by Crippen LogP contribution is 2.71. The Hall–Kier alpha value is -1.60. The van der Waals surface area contributed by atoms with Gasteiger partial charge in [-0.2, -0.15) is 0 Å². The maximum Gasteiger partial charge on any atom is 0.330 e. The predicted octanol–water partition coefficient (Wildman–Crippen LogP) is 5.28. The van der Waals surface area contributed by atoms with Gasteiger partial charge in [0.25, 0.3) is 0 Å². The SMILES string of the molecule is CN1CCCCC1CNC(=O)NC[C@H]1CC[C@]2(C)C3CC[C@]4(C)[C@@H](C5(C)C=CC(=O)OC5)CC[C@]4(O)C3CC[C@@H]2C1. The van der Waals surface area contributed by atoms with E-state index in [4.69, 9.17) is 4.74 Å². The lowest BCUT2D eigenvalue weighted by Crippen LogP contribution is -2.63. The van der Waals surface area contributed by atoms with Crippen LogP contribution in [0, 0.1) is 45.8 Å². The quantitative estimate of drug-likeness (QED) is 0.392. The summed E-state index contributed by atoms with van der Waals surface area (Å²) >= 11 is 0. The molecule has 6 aliphatic rings. The normalized spacial score (nSPS) is 48.0. The molecule has 2 heterocycles. The number of cyclic esters (lactones) is 1. The fraction of sp³-hybridized carbons (Fsp3) is 0.882. The monoisotopic (exact) mass is 569 g/mol. The Labute approximate surface area is 247 Å². The lowest BCUT2D eigenvalue weighted by molar-refractivity contribution is -0.215. The third-order valence-corrected chi connectivity index (χ3v) is 13.9. The lowest BCUT2D eigenvalue weighted by Gasteiger charge is -2.64. The first-order valence-corrected chi connectivity index (χ1v) is 16.8. The van der Waals surface area contributed by atoms with E-state index in [0.717, 1.165) is 51.7 Å². The van der Waals surface area contributed by atoms with Crippen molar-refractivity contribution in [3.8, 4) is 0 Å². The Balaban J connectivity index is 1.06. The molecule has 4 unspecified atom stereocenters. The number of hydrogen-bond acceptors (Lipinski definition) is 5. The number of hydrogen-bond donors (Lipinski definition) is 3. The van der Waals surface area contributed by atoms with Gasteiger partial charge in [-0.25, -0.2) is 9.59 Å². The highest BCUT2D eigenvalue weighted by Gasteiger charge is 2.69. The summed E-state index contributed by atoms with van der Waals surface area (Å²) in [5.74, 6) is 2.21. The number of aliphatic hydroxyl groups is 1. The third kappa shape index (κ3) is 4.95. The summed E-state index contributed by atoms with van der Waals surface area (Å²) < 4.78 is 5.51. The number of nitrogens with zero attached hydrogens (tertiary/aromatic N) is 1. The first kappa shape index (κ1) is 29.5. The minimum absolute atomic E-state index is 0.0122. The molecule has 0 radical (unpaired) electrons. The second kappa shape index (κ2) is 10.8. The van der Waals surface area contributed by atoms with E-state index in [1.165, 1.54) is 44.9 Å². The number of likely N-dealkylation sites (tertiary alicyclic amines) is 1. The zero-order valence-corrected chi connectivity index (χ0v) is 26.1. The lowest BCUT2D eigenvalue weighted by atomic mass is 9.42. The maximum atomic E-state index is 12.6. The molecular weight excluding hydrogens is 514 g/mol. The van der Waals surface area contributed by atoms with Crippen molar-refractivity contribution in [1.82, 2.24) is 15.5 Å². The second-order valence-corrected chi connectivity index (χ2v) is 15.8. The zero-order valence-electron chi connectivity index (χ0n) is 26.1. The molecule has 0 spiro atoms. The Kier molecular flexibility index (Phi) is 7.79. The fourth-order valence-electron chi connectivity index (χ4n) is 11.3. The van der Waals surface area contributed by atoms with Crippen LogP contribution in [0.3, 0.4) is 0 Å². The van der Waals surface area contributed by atoms with Gasteiger partial charge in [-0.05, 0) is 119 Å². The van der Waals surface area contributed by atoms with Crippen molar-refractivity contribution >= 4 is 12.0 Å². The molecule has 7 heteroatoms. The summed E-state index contributed by atoms with van der Waals surface area (Å²) in [6.07, 6.45) is 17.3. The molecule has 5 fully saturated rings. The van der Waals surface area contributed by atoms with Crippen LogP contribution in [0.5, 0.6) is 0 Å². The molecule has 41 heavy (non-hydrogen) atoms. The number of urea groups is 1. The highest BCUT2D eigenvalue weighted by atomic mass is 16.5. The number of fused-ring (bicyclic) bond motifs is 5. The summed E-state index contributed by atoms with van der Waals surface area (Å²) in [5.41, 5.74) is -0.728. The molecule has 2 amide bonds. The number of carbonyl (C=O) groups is 2. The van der Waals surface area contributed by atoms with E-state index < -0.39 is 5.60 Å². The van der Waals surface area contributed by atoms with Crippen molar-refractivity contribution in [3.63, 3.8) is 0 Å². The Morgan fingerprint density at radius 2 is 1.80 bits per heavy atom. The van der Waals surface area contributed by atoms with Gasteiger partial charge in [0.2, 0.25) is 0 Å². The van der Waals surface area contributed by atoms with Crippen LogP contribution in [0.1, 0.15) is 97.8 Å². The van der Waals surface area contributed by atoms with E-state index >= 15 is 0 Å². The number of esters is 1. The summed E-state index contributed by atoms with van der Waals surface area (Å²) in [6, 6.07) is 0.448. The first-order valence-electron chi connectivity index (χ1n) is 16.8. The summed E-state index contributed by atoms with van der Waals surface area (Å²) in [7, 11) is 2.17. The molecule has 0 aromatic carbocycles. The highest BCUT2D eigenvalue weighted by molar-refractivity contribution is 5.83. The Morgan fingerprint density at radius 1 is 1.00 bits per heavy atom. The molecule has 0 aromatic heterocycles. The van der Waals surface area contributed by atoms with Crippen LogP contribution in [0.4, 0.5) is 4.79 Å². The number of likely N-dealkylation sites (N-methyl/N-ethyl adjacent to an activating group) is 1. The van der Waals surface area contributed by atoms with Gasteiger partial charge in [0.1, 0.15) is 6.61 Å². The summed E-state index contributed by atoms with van der Waals surface area (Å²) in [6.45, 7) is 10.2. The molecule has 3 N–H and O–H groups in total. The molecular formula is C34H55N3O4. The largest absolute Gasteiger partial charge is 0.462 e. The molecule has 0 bridgehead atoms. The van der Waals surface area contributed by atoms with Gasteiger partial charge < -0.3 is 25.4 Å². The van der Waals surface area contributed by atoms with Gasteiger partial charge in [-0.15, -0.1) is 0 Å². The van der Waals surface area contributed by atoms with Gasteiger partial charge in [-0.1, -0.05) is 33.3 Å². The predicted molar refractivity (Wildman–Crippen MR) is 160 cm³/mol. The third-order valence-electron chi connectivity index (χ3n) is 13.9. The molecule has 1 saturated heterocycles. The van der Waals surface area contributed by atoms with Gasteiger partial charge in [0, 0.05) is 36.0 Å². The van der Waals surface area contributed by atoms with Crippen LogP contribution < -0.4 is 10.6 Å². The first-order chi connectivity index (χ1) is 19.5. The Bertz CT molecular complexity index is 1050. The molecule has 10 atom stereocenters. The topological polar surface area (TPSA) is 90.9 Å². The molecule has 7 nitrogen and oxygen atoms in total. The van der Waals surface area contributed by atoms with Crippen molar-refractivity contribution < 1.29 is 19.4 Å². The van der Waals surface area contributed by atoms with E-state index in [-0.39, 0.29) is 28.2 Å². The molecule has 0 aromatic rings. The molecule has 230 valence electrons. The van der Waals surface area contributed by atoms with Crippen LogP contribution >= 0.6 is 0 Å². The minimum atomic E-state index is -0.643. The van der Waals surface area contributed by atoms with Gasteiger partial charge in [0.05, 0.1) is 5.60 Å². The van der Waals surface area contributed by atoms with Crippen LogP contribution in [-0.4, -0.2) is 66.9 Å². The van der Waals surface area contributed by atoms with Crippen LogP contribution in [0.15, 0.2) is 12.2 Å². The number of nitrogens with one attached hydrogen (secondary N) is 2. The minimum Gasteiger partial charge on any atom is -0.462 e. The van der Waals surface area contributed by atoms with Crippen molar-refractivity contribution in [1.29, 1.82) is 0 Å². The maximum absolute atomic E-state index is 12.6. The van der Waals surface area contributed by atoms with E-state index in [0.29, 0.717) is 42.2 Å². The molecule has 6 rings (SSSR count). The number of amides is 2. The van der Waals surface area contributed by atoms with Crippen LogP contribution in [-0.2, 0) is 9.53 Å².